The minimum absolute atomic E-state index is 0.0824. The highest BCUT2D eigenvalue weighted by Crippen LogP contribution is 2.27. The molecule has 104 valence electrons. The molecule has 0 aliphatic rings. The normalized spacial score (nSPS) is 10.6. The monoisotopic (exact) mass is 265 g/mol. The average molecular weight is 265 g/mol. The summed E-state index contributed by atoms with van der Waals surface area (Å²) < 4.78 is 0. The number of nitro groups is 1. The van der Waals surface area contributed by atoms with Crippen molar-refractivity contribution in [2.24, 2.45) is 0 Å². The summed E-state index contributed by atoms with van der Waals surface area (Å²) >= 11 is 0. The van der Waals surface area contributed by atoms with E-state index in [0.717, 1.165) is 11.1 Å². The molecule has 2 N–H and O–H groups in total. The van der Waals surface area contributed by atoms with Crippen molar-refractivity contribution in [1.29, 1.82) is 0 Å². The van der Waals surface area contributed by atoms with Crippen LogP contribution in [0.2, 0.25) is 0 Å². The third kappa shape index (κ3) is 4.33. The van der Waals surface area contributed by atoms with E-state index in [1.165, 1.54) is 6.07 Å². The lowest BCUT2D eigenvalue weighted by Gasteiger charge is -2.10. The van der Waals surface area contributed by atoms with Gasteiger partial charge in [0, 0.05) is 12.1 Å². The number of carbonyl (C=O) groups excluding carboxylic acids is 1. The predicted octanol–water partition coefficient (Wildman–Crippen LogP) is 2.15. The van der Waals surface area contributed by atoms with Gasteiger partial charge in [0.1, 0.15) is 5.69 Å². The van der Waals surface area contributed by atoms with Gasteiger partial charge in [0.2, 0.25) is 5.91 Å². The first-order valence-electron chi connectivity index (χ1n) is 6.10. The van der Waals surface area contributed by atoms with E-state index in [4.69, 9.17) is 0 Å². The standard InChI is InChI=1S/C13H19N3O3/c1-8(2)14-7-13(17)15-11-5-9(3)10(4)6-12(11)16(18)19/h5-6,8,14H,7H2,1-4H3,(H,15,17). The van der Waals surface area contributed by atoms with Gasteiger partial charge in [-0.3, -0.25) is 14.9 Å². The zero-order valence-electron chi connectivity index (χ0n) is 11.6. The smallest absolute Gasteiger partial charge is 0.293 e. The van der Waals surface area contributed by atoms with E-state index in [-0.39, 0.29) is 29.9 Å². The number of aryl methyl sites for hydroxylation is 2. The Morgan fingerprint density at radius 1 is 1.32 bits per heavy atom. The van der Waals surface area contributed by atoms with E-state index in [0.29, 0.717) is 0 Å². The van der Waals surface area contributed by atoms with Crippen molar-refractivity contribution in [3.63, 3.8) is 0 Å². The molecular weight excluding hydrogens is 246 g/mol. The van der Waals surface area contributed by atoms with Crippen LogP contribution < -0.4 is 10.6 Å². The summed E-state index contributed by atoms with van der Waals surface area (Å²) in [5.41, 5.74) is 1.88. The van der Waals surface area contributed by atoms with Gasteiger partial charge in [0.15, 0.2) is 0 Å². The Labute approximate surface area is 112 Å². The molecule has 19 heavy (non-hydrogen) atoms. The molecule has 1 aromatic rings. The number of hydrogen-bond acceptors (Lipinski definition) is 4. The Hall–Kier alpha value is -1.95. The number of nitrogens with one attached hydrogen (secondary N) is 2. The molecule has 0 fully saturated rings. The van der Waals surface area contributed by atoms with Crippen LogP contribution in [0, 0.1) is 24.0 Å². The van der Waals surface area contributed by atoms with Crippen LogP contribution in [0.5, 0.6) is 0 Å². The number of carbonyl (C=O) groups is 1. The number of anilines is 1. The van der Waals surface area contributed by atoms with Crippen LogP contribution in [-0.4, -0.2) is 23.4 Å². The number of nitro benzene ring substituents is 1. The number of amides is 1. The van der Waals surface area contributed by atoms with E-state index in [1.54, 1.807) is 13.0 Å². The van der Waals surface area contributed by atoms with Crippen molar-refractivity contribution in [2.45, 2.75) is 33.7 Å². The third-order valence-corrected chi connectivity index (χ3v) is 2.75. The maximum Gasteiger partial charge on any atom is 0.293 e. The summed E-state index contributed by atoms with van der Waals surface area (Å²) in [6.45, 7) is 7.62. The van der Waals surface area contributed by atoms with Crippen LogP contribution in [0.25, 0.3) is 0 Å². The van der Waals surface area contributed by atoms with Crippen molar-refractivity contribution in [1.82, 2.24) is 5.32 Å². The van der Waals surface area contributed by atoms with Crippen molar-refractivity contribution in [3.05, 3.63) is 33.4 Å². The molecule has 0 aliphatic heterocycles. The Kier molecular flexibility index (Phi) is 5.00. The van der Waals surface area contributed by atoms with E-state index in [2.05, 4.69) is 10.6 Å². The van der Waals surface area contributed by atoms with E-state index < -0.39 is 4.92 Å². The van der Waals surface area contributed by atoms with Gasteiger partial charge < -0.3 is 10.6 Å². The topological polar surface area (TPSA) is 84.3 Å². The highest BCUT2D eigenvalue weighted by atomic mass is 16.6. The maximum absolute atomic E-state index is 11.7. The molecule has 0 saturated heterocycles. The summed E-state index contributed by atoms with van der Waals surface area (Å²) in [5, 5.41) is 16.5. The number of rotatable bonds is 5. The van der Waals surface area contributed by atoms with Gasteiger partial charge in [0.05, 0.1) is 11.5 Å². The summed E-state index contributed by atoms with van der Waals surface area (Å²) in [6.07, 6.45) is 0. The molecule has 0 aromatic heterocycles. The first-order valence-corrected chi connectivity index (χ1v) is 6.10. The minimum atomic E-state index is -0.488. The summed E-state index contributed by atoms with van der Waals surface area (Å²) in [6, 6.07) is 3.28. The molecule has 6 nitrogen and oxygen atoms in total. The molecule has 6 heteroatoms. The number of benzene rings is 1. The molecule has 0 spiro atoms. The summed E-state index contributed by atoms with van der Waals surface area (Å²) in [7, 11) is 0. The van der Waals surface area contributed by atoms with Gasteiger partial charge in [-0.2, -0.15) is 0 Å². The molecular formula is C13H19N3O3. The molecule has 0 atom stereocenters. The molecule has 0 bridgehead atoms. The van der Waals surface area contributed by atoms with E-state index in [1.807, 2.05) is 20.8 Å². The molecule has 1 aromatic carbocycles. The van der Waals surface area contributed by atoms with Gasteiger partial charge in [-0.15, -0.1) is 0 Å². The second-order valence-corrected chi connectivity index (χ2v) is 4.79. The molecule has 0 saturated carbocycles. The molecule has 0 radical (unpaired) electrons. The number of nitrogens with zero attached hydrogens (tertiary/aromatic N) is 1. The zero-order valence-corrected chi connectivity index (χ0v) is 11.6. The Bertz CT molecular complexity index is 498. The van der Waals surface area contributed by atoms with Crippen molar-refractivity contribution >= 4 is 17.3 Å². The van der Waals surface area contributed by atoms with Crippen LogP contribution in [0.1, 0.15) is 25.0 Å². The van der Waals surface area contributed by atoms with Crippen LogP contribution >= 0.6 is 0 Å². The Balaban J connectivity index is 2.90. The van der Waals surface area contributed by atoms with Gasteiger partial charge in [0.25, 0.3) is 5.69 Å². The summed E-state index contributed by atoms with van der Waals surface area (Å²) in [4.78, 5) is 22.2. The largest absolute Gasteiger partial charge is 0.319 e. The predicted molar refractivity (Wildman–Crippen MR) is 74.3 cm³/mol. The van der Waals surface area contributed by atoms with Crippen LogP contribution in [0.4, 0.5) is 11.4 Å². The Morgan fingerprint density at radius 2 is 1.89 bits per heavy atom. The first kappa shape index (κ1) is 15.1. The third-order valence-electron chi connectivity index (χ3n) is 2.75. The van der Waals surface area contributed by atoms with Gasteiger partial charge >= 0.3 is 0 Å². The zero-order chi connectivity index (χ0) is 14.6. The second-order valence-electron chi connectivity index (χ2n) is 4.79. The number of hydrogen-bond donors (Lipinski definition) is 2. The minimum Gasteiger partial charge on any atom is -0.319 e. The SMILES string of the molecule is Cc1cc(NC(=O)CNC(C)C)c([N+](=O)[O-])cc1C. The Morgan fingerprint density at radius 3 is 2.42 bits per heavy atom. The van der Waals surface area contributed by atoms with Gasteiger partial charge in [-0.25, -0.2) is 0 Å². The van der Waals surface area contributed by atoms with E-state index >= 15 is 0 Å². The van der Waals surface area contributed by atoms with Gasteiger partial charge in [-0.1, -0.05) is 13.8 Å². The van der Waals surface area contributed by atoms with Gasteiger partial charge in [-0.05, 0) is 31.0 Å². The van der Waals surface area contributed by atoms with Crippen LogP contribution in [-0.2, 0) is 4.79 Å². The van der Waals surface area contributed by atoms with Crippen molar-refractivity contribution < 1.29 is 9.72 Å². The lowest BCUT2D eigenvalue weighted by molar-refractivity contribution is -0.384. The fourth-order valence-corrected chi connectivity index (χ4v) is 1.54. The van der Waals surface area contributed by atoms with E-state index in [9.17, 15) is 14.9 Å². The molecule has 0 aliphatic carbocycles. The lowest BCUT2D eigenvalue weighted by atomic mass is 10.1. The first-order chi connectivity index (χ1) is 8.81. The highest BCUT2D eigenvalue weighted by Gasteiger charge is 2.17. The average Bonchev–Trinajstić information content (AvgIpc) is 2.30. The molecule has 1 rings (SSSR count). The van der Waals surface area contributed by atoms with Crippen molar-refractivity contribution in [2.75, 3.05) is 11.9 Å². The molecule has 0 heterocycles. The van der Waals surface area contributed by atoms with Crippen LogP contribution in [0.15, 0.2) is 12.1 Å². The van der Waals surface area contributed by atoms with Crippen LogP contribution in [0.3, 0.4) is 0 Å². The summed E-state index contributed by atoms with van der Waals surface area (Å²) in [5.74, 6) is -0.292. The molecule has 1 amide bonds. The fourth-order valence-electron chi connectivity index (χ4n) is 1.54. The highest BCUT2D eigenvalue weighted by molar-refractivity contribution is 5.94. The van der Waals surface area contributed by atoms with Crippen molar-refractivity contribution in [3.8, 4) is 0 Å². The maximum atomic E-state index is 11.7. The quantitative estimate of drug-likeness (QED) is 0.631. The fraction of sp³-hybridized carbons (Fsp3) is 0.462. The molecule has 0 unspecified atom stereocenters. The second kappa shape index (κ2) is 6.29. The lowest BCUT2D eigenvalue weighted by Crippen LogP contribution is -2.32.